The van der Waals surface area contributed by atoms with Crippen LogP contribution in [0, 0.1) is 0 Å². The summed E-state index contributed by atoms with van der Waals surface area (Å²) in [6.45, 7) is 0. The number of rotatable bonds is 2. The Morgan fingerprint density at radius 2 is 2.54 bits per heavy atom. The molecule has 0 atom stereocenters. The molecule has 0 radical (unpaired) electrons. The molecular weight excluding hydrogens is 176 g/mol. The quantitative estimate of drug-likeness (QED) is 0.185. The number of methoxy groups -OCH3 is 1. The molecule has 7 nitrogen and oxygen atoms in total. The standard InChI is InChI=1S/C6H8N4O3/c1-13-6(11)4-3(2-8-9-4)5(7)10-12/h2,12H,1H3,(H2,7,10)(H,8,9). The molecule has 0 fully saturated rings. The Morgan fingerprint density at radius 1 is 1.85 bits per heavy atom. The Morgan fingerprint density at radius 3 is 3.08 bits per heavy atom. The van der Waals surface area contributed by atoms with Gasteiger partial charge in [-0.15, -0.1) is 0 Å². The average molecular weight is 184 g/mol. The number of amidine groups is 1. The number of H-pyrrole nitrogens is 1. The van der Waals surface area contributed by atoms with Crippen molar-refractivity contribution in [3.63, 3.8) is 0 Å². The normalized spacial score (nSPS) is 11.3. The lowest BCUT2D eigenvalue weighted by molar-refractivity contribution is 0.0594. The monoisotopic (exact) mass is 184 g/mol. The number of nitrogens with two attached hydrogens (primary N) is 1. The van der Waals surface area contributed by atoms with Gasteiger partial charge < -0.3 is 15.7 Å². The van der Waals surface area contributed by atoms with Crippen molar-refractivity contribution in [2.45, 2.75) is 0 Å². The number of ether oxygens (including phenoxy) is 1. The number of oxime groups is 1. The summed E-state index contributed by atoms with van der Waals surface area (Å²) in [5, 5.41) is 17.0. The minimum Gasteiger partial charge on any atom is -0.464 e. The van der Waals surface area contributed by atoms with E-state index in [1.165, 1.54) is 13.3 Å². The molecule has 0 aliphatic rings. The SMILES string of the molecule is COC(=O)c1[nH]ncc1/C(N)=N\O. The third-order valence-corrected chi connectivity index (χ3v) is 1.41. The molecule has 1 aromatic rings. The smallest absolute Gasteiger partial charge is 0.356 e. The molecule has 0 aliphatic heterocycles. The van der Waals surface area contributed by atoms with Gasteiger partial charge in [0.25, 0.3) is 0 Å². The number of esters is 1. The van der Waals surface area contributed by atoms with Crippen molar-refractivity contribution in [1.29, 1.82) is 0 Å². The minimum atomic E-state index is -0.626. The van der Waals surface area contributed by atoms with Crippen LogP contribution in [0.1, 0.15) is 16.1 Å². The highest BCUT2D eigenvalue weighted by molar-refractivity contribution is 6.05. The first-order chi connectivity index (χ1) is 6.20. The van der Waals surface area contributed by atoms with Crippen LogP contribution in [0.15, 0.2) is 11.4 Å². The highest BCUT2D eigenvalue weighted by Gasteiger charge is 2.16. The summed E-state index contributed by atoms with van der Waals surface area (Å²) in [4.78, 5) is 11.0. The van der Waals surface area contributed by atoms with Crippen molar-refractivity contribution in [2.24, 2.45) is 10.9 Å². The van der Waals surface area contributed by atoms with E-state index in [9.17, 15) is 4.79 Å². The van der Waals surface area contributed by atoms with E-state index in [2.05, 4.69) is 20.1 Å². The Balaban J connectivity index is 3.10. The lowest BCUT2D eigenvalue weighted by atomic mass is 10.2. The molecule has 1 heterocycles. The van der Waals surface area contributed by atoms with Crippen molar-refractivity contribution < 1.29 is 14.7 Å². The molecule has 1 aromatic heterocycles. The summed E-state index contributed by atoms with van der Waals surface area (Å²) in [5.74, 6) is -0.826. The van der Waals surface area contributed by atoms with Gasteiger partial charge in [0.1, 0.15) is 0 Å². The van der Waals surface area contributed by atoms with Crippen LogP contribution in [0.3, 0.4) is 0 Å². The van der Waals surface area contributed by atoms with E-state index < -0.39 is 5.97 Å². The van der Waals surface area contributed by atoms with Crippen LogP contribution in [0.25, 0.3) is 0 Å². The molecule has 0 saturated carbocycles. The number of carbonyl (C=O) groups excluding carboxylic acids is 1. The molecule has 7 heteroatoms. The summed E-state index contributed by atoms with van der Waals surface area (Å²) in [6, 6.07) is 0. The Labute approximate surface area is 73.2 Å². The molecule has 0 bridgehead atoms. The fourth-order valence-electron chi connectivity index (χ4n) is 0.792. The van der Waals surface area contributed by atoms with Gasteiger partial charge >= 0.3 is 5.97 Å². The highest BCUT2D eigenvalue weighted by atomic mass is 16.5. The number of carbonyl (C=O) groups is 1. The molecule has 4 N–H and O–H groups in total. The molecule has 13 heavy (non-hydrogen) atoms. The van der Waals surface area contributed by atoms with Crippen LogP contribution >= 0.6 is 0 Å². The van der Waals surface area contributed by atoms with E-state index in [1.54, 1.807) is 0 Å². The number of aromatic nitrogens is 2. The zero-order valence-electron chi connectivity index (χ0n) is 6.81. The summed E-state index contributed by atoms with van der Waals surface area (Å²) >= 11 is 0. The van der Waals surface area contributed by atoms with Crippen LogP contribution in [0.5, 0.6) is 0 Å². The summed E-state index contributed by atoms with van der Waals surface area (Å²) in [6.07, 6.45) is 1.27. The molecule has 0 unspecified atom stereocenters. The first kappa shape index (κ1) is 9.04. The second-order valence-corrected chi connectivity index (χ2v) is 2.14. The molecule has 0 aromatic carbocycles. The van der Waals surface area contributed by atoms with Gasteiger partial charge in [0.05, 0.1) is 18.9 Å². The van der Waals surface area contributed by atoms with E-state index in [0.717, 1.165) is 0 Å². The third kappa shape index (κ3) is 1.58. The van der Waals surface area contributed by atoms with Gasteiger partial charge in [-0.1, -0.05) is 5.16 Å². The predicted octanol–water partition coefficient (Wildman–Crippen LogP) is -0.709. The van der Waals surface area contributed by atoms with Gasteiger partial charge in [-0.05, 0) is 0 Å². The van der Waals surface area contributed by atoms with Crippen molar-refractivity contribution in [1.82, 2.24) is 10.2 Å². The number of hydrogen-bond acceptors (Lipinski definition) is 5. The van der Waals surface area contributed by atoms with Crippen LogP contribution in [-0.2, 0) is 4.74 Å². The largest absolute Gasteiger partial charge is 0.464 e. The van der Waals surface area contributed by atoms with E-state index in [4.69, 9.17) is 10.9 Å². The van der Waals surface area contributed by atoms with Crippen LogP contribution in [0.2, 0.25) is 0 Å². The van der Waals surface area contributed by atoms with Crippen LogP contribution in [0.4, 0.5) is 0 Å². The number of nitrogens with one attached hydrogen (secondary N) is 1. The van der Waals surface area contributed by atoms with Gasteiger partial charge in [-0.3, -0.25) is 5.10 Å². The second-order valence-electron chi connectivity index (χ2n) is 2.14. The fourth-order valence-corrected chi connectivity index (χ4v) is 0.792. The number of aromatic amines is 1. The molecule has 70 valence electrons. The van der Waals surface area contributed by atoms with Crippen molar-refractivity contribution in [3.05, 3.63) is 17.5 Å². The highest BCUT2D eigenvalue weighted by Crippen LogP contribution is 2.04. The van der Waals surface area contributed by atoms with Crippen molar-refractivity contribution in [2.75, 3.05) is 7.11 Å². The average Bonchev–Trinajstić information content (AvgIpc) is 2.63. The minimum absolute atomic E-state index is 0.0535. The van der Waals surface area contributed by atoms with Crippen LogP contribution < -0.4 is 5.73 Å². The lowest BCUT2D eigenvalue weighted by Gasteiger charge is -1.97. The maximum absolute atomic E-state index is 11.0. The van der Waals surface area contributed by atoms with Gasteiger partial charge in [0.15, 0.2) is 11.5 Å². The Kier molecular flexibility index (Phi) is 2.48. The molecule has 1 rings (SSSR count). The molecular formula is C6H8N4O3. The fraction of sp³-hybridized carbons (Fsp3) is 0.167. The van der Waals surface area contributed by atoms with E-state index in [0.29, 0.717) is 0 Å². The maximum Gasteiger partial charge on any atom is 0.356 e. The Hall–Kier alpha value is -2.05. The summed E-state index contributed by atoms with van der Waals surface area (Å²) in [7, 11) is 1.22. The van der Waals surface area contributed by atoms with Crippen LogP contribution in [-0.4, -0.2) is 34.3 Å². The zero-order chi connectivity index (χ0) is 9.84. The van der Waals surface area contributed by atoms with Gasteiger partial charge in [0.2, 0.25) is 0 Å². The van der Waals surface area contributed by atoms with Gasteiger partial charge in [-0.2, -0.15) is 5.10 Å². The Bertz CT molecular complexity index is 343. The maximum atomic E-state index is 11.0. The predicted molar refractivity (Wildman–Crippen MR) is 42.4 cm³/mol. The summed E-state index contributed by atoms with van der Waals surface area (Å²) in [5.41, 5.74) is 5.52. The van der Waals surface area contributed by atoms with E-state index >= 15 is 0 Å². The molecule has 0 spiro atoms. The number of hydrogen-bond donors (Lipinski definition) is 3. The second kappa shape index (κ2) is 3.57. The van der Waals surface area contributed by atoms with E-state index in [1.807, 2.05) is 0 Å². The first-order valence-electron chi connectivity index (χ1n) is 3.30. The number of nitrogens with zero attached hydrogens (tertiary/aromatic N) is 2. The third-order valence-electron chi connectivity index (χ3n) is 1.41. The molecule has 0 saturated heterocycles. The van der Waals surface area contributed by atoms with E-state index in [-0.39, 0.29) is 17.1 Å². The lowest BCUT2D eigenvalue weighted by Crippen LogP contribution is -2.17. The zero-order valence-corrected chi connectivity index (χ0v) is 6.81. The van der Waals surface area contributed by atoms with Gasteiger partial charge in [-0.25, -0.2) is 4.79 Å². The summed E-state index contributed by atoms with van der Waals surface area (Å²) < 4.78 is 4.43. The molecule has 0 aliphatic carbocycles. The topological polar surface area (TPSA) is 114 Å². The molecule has 0 amide bonds. The van der Waals surface area contributed by atoms with Crippen molar-refractivity contribution >= 4 is 11.8 Å². The van der Waals surface area contributed by atoms with Crippen molar-refractivity contribution in [3.8, 4) is 0 Å². The van der Waals surface area contributed by atoms with Gasteiger partial charge in [0, 0.05) is 0 Å². The first-order valence-corrected chi connectivity index (χ1v) is 3.30.